The van der Waals surface area contributed by atoms with Crippen LogP contribution >= 0.6 is 0 Å². The summed E-state index contributed by atoms with van der Waals surface area (Å²) in [5.41, 5.74) is 3.73. The van der Waals surface area contributed by atoms with E-state index in [1.165, 1.54) is 13.2 Å². The van der Waals surface area contributed by atoms with Crippen molar-refractivity contribution in [1.82, 2.24) is 4.98 Å². The SMILES string of the molecule is COc1cc2c(NN)ccnc2cc1F. The maximum atomic E-state index is 13.3. The fraction of sp³-hybridized carbons (Fsp3) is 0.100. The predicted octanol–water partition coefficient (Wildman–Crippen LogP) is 1.67. The highest BCUT2D eigenvalue weighted by molar-refractivity contribution is 5.91. The third-order valence-electron chi connectivity index (χ3n) is 2.17. The summed E-state index contributed by atoms with van der Waals surface area (Å²) in [4.78, 5) is 4.03. The van der Waals surface area contributed by atoms with Crippen LogP contribution in [0, 0.1) is 5.82 Å². The van der Waals surface area contributed by atoms with E-state index in [0.717, 1.165) is 5.39 Å². The molecule has 2 rings (SSSR count). The van der Waals surface area contributed by atoms with Gasteiger partial charge in [-0.25, -0.2) is 4.39 Å². The number of halogens is 1. The average Bonchev–Trinajstić information content (AvgIpc) is 2.27. The van der Waals surface area contributed by atoms with Crippen LogP contribution in [-0.4, -0.2) is 12.1 Å². The summed E-state index contributed by atoms with van der Waals surface area (Å²) < 4.78 is 18.2. The van der Waals surface area contributed by atoms with Crippen LogP contribution in [-0.2, 0) is 0 Å². The van der Waals surface area contributed by atoms with Crippen molar-refractivity contribution in [3.63, 3.8) is 0 Å². The molecule has 1 heterocycles. The molecule has 0 saturated heterocycles. The fourth-order valence-electron chi connectivity index (χ4n) is 1.43. The van der Waals surface area contributed by atoms with Crippen LogP contribution in [0.25, 0.3) is 10.9 Å². The summed E-state index contributed by atoms with van der Waals surface area (Å²) in [6.07, 6.45) is 1.56. The highest BCUT2D eigenvalue weighted by atomic mass is 19.1. The Morgan fingerprint density at radius 3 is 2.93 bits per heavy atom. The van der Waals surface area contributed by atoms with Gasteiger partial charge in [-0.1, -0.05) is 0 Å². The van der Waals surface area contributed by atoms with Crippen LogP contribution < -0.4 is 16.0 Å². The molecule has 0 amide bonds. The Labute approximate surface area is 85.8 Å². The first-order chi connectivity index (χ1) is 7.26. The van der Waals surface area contributed by atoms with Crippen molar-refractivity contribution in [2.45, 2.75) is 0 Å². The van der Waals surface area contributed by atoms with Gasteiger partial charge in [0.15, 0.2) is 11.6 Å². The second-order valence-electron chi connectivity index (χ2n) is 3.01. The Kier molecular flexibility index (Phi) is 2.39. The highest BCUT2D eigenvalue weighted by Gasteiger charge is 2.07. The molecule has 0 spiro atoms. The van der Waals surface area contributed by atoms with Crippen LogP contribution in [0.15, 0.2) is 24.4 Å². The molecule has 1 aromatic heterocycles. The molecule has 2 aromatic rings. The second-order valence-corrected chi connectivity index (χ2v) is 3.01. The third-order valence-corrected chi connectivity index (χ3v) is 2.17. The molecule has 78 valence electrons. The van der Waals surface area contributed by atoms with E-state index in [-0.39, 0.29) is 5.75 Å². The number of rotatable bonds is 2. The molecule has 0 atom stereocenters. The number of hydrazine groups is 1. The summed E-state index contributed by atoms with van der Waals surface area (Å²) in [7, 11) is 1.41. The average molecular weight is 207 g/mol. The largest absolute Gasteiger partial charge is 0.494 e. The van der Waals surface area contributed by atoms with E-state index in [1.54, 1.807) is 18.3 Å². The number of nitrogens with one attached hydrogen (secondary N) is 1. The molecule has 0 aliphatic carbocycles. The first-order valence-corrected chi connectivity index (χ1v) is 4.35. The molecule has 0 radical (unpaired) electrons. The van der Waals surface area contributed by atoms with Crippen molar-refractivity contribution in [3.8, 4) is 5.75 Å². The molecule has 1 aromatic carbocycles. The molecule has 15 heavy (non-hydrogen) atoms. The van der Waals surface area contributed by atoms with E-state index in [2.05, 4.69) is 10.4 Å². The quantitative estimate of drug-likeness (QED) is 0.581. The number of nitrogens with two attached hydrogens (primary N) is 1. The summed E-state index contributed by atoms with van der Waals surface area (Å²) in [6.45, 7) is 0. The minimum absolute atomic E-state index is 0.173. The van der Waals surface area contributed by atoms with E-state index < -0.39 is 5.82 Å². The van der Waals surface area contributed by atoms with Gasteiger partial charge in [-0.15, -0.1) is 0 Å². The smallest absolute Gasteiger partial charge is 0.167 e. The molecular weight excluding hydrogens is 197 g/mol. The Balaban J connectivity index is 2.76. The summed E-state index contributed by atoms with van der Waals surface area (Å²) in [5.74, 6) is 5.07. The van der Waals surface area contributed by atoms with Crippen molar-refractivity contribution in [1.29, 1.82) is 0 Å². The van der Waals surface area contributed by atoms with Crippen molar-refractivity contribution >= 4 is 16.6 Å². The summed E-state index contributed by atoms with van der Waals surface area (Å²) in [6, 6.07) is 4.58. The Morgan fingerprint density at radius 2 is 2.27 bits per heavy atom. The van der Waals surface area contributed by atoms with E-state index in [4.69, 9.17) is 10.6 Å². The normalized spacial score (nSPS) is 10.3. The lowest BCUT2D eigenvalue weighted by atomic mass is 10.2. The van der Waals surface area contributed by atoms with Gasteiger partial charge in [0.25, 0.3) is 0 Å². The van der Waals surface area contributed by atoms with Crippen molar-refractivity contribution in [2.24, 2.45) is 5.84 Å². The molecule has 3 N–H and O–H groups in total. The Hall–Kier alpha value is -1.88. The number of nitrogens with zero attached hydrogens (tertiary/aromatic N) is 1. The van der Waals surface area contributed by atoms with Crippen molar-refractivity contribution in [2.75, 3.05) is 12.5 Å². The Bertz CT molecular complexity index is 501. The molecule has 4 nitrogen and oxygen atoms in total. The number of anilines is 1. The number of aromatic nitrogens is 1. The standard InChI is InChI=1S/C10H10FN3O/c1-15-10-4-6-8(14-12)2-3-13-9(6)5-7(10)11/h2-5H,12H2,1H3,(H,13,14). The zero-order valence-electron chi connectivity index (χ0n) is 8.12. The number of fused-ring (bicyclic) bond motifs is 1. The zero-order chi connectivity index (χ0) is 10.8. The summed E-state index contributed by atoms with van der Waals surface area (Å²) >= 11 is 0. The van der Waals surface area contributed by atoms with Gasteiger partial charge in [0.2, 0.25) is 0 Å². The molecule has 0 unspecified atom stereocenters. The van der Waals surface area contributed by atoms with Crippen LogP contribution in [0.1, 0.15) is 0 Å². The third kappa shape index (κ3) is 1.57. The molecule has 0 aliphatic rings. The van der Waals surface area contributed by atoms with Crippen molar-refractivity contribution < 1.29 is 9.13 Å². The fourth-order valence-corrected chi connectivity index (χ4v) is 1.43. The van der Waals surface area contributed by atoms with Gasteiger partial charge >= 0.3 is 0 Å². The number of ether oxygens (including phenoxy) is 1. The van der Waals surface area contributed by atoms with Gasteiger partial charge in [-0.05, 0) is 12.1 Å². The lowest BCUT2D eigenvalue weighted by molar-refractivity contribution is 0.387. The van der Waals surface area contributed by atoms with E-state index in [1.807, 2.05) is 0 Å². The minimum atomic E-state index is -0.438. The van der Waals surface area contributed by atoms with Gasteiger partial charge in [0, 0.05) is 17.6 Å². The minimum Gasteiger partial charge on any atom is -0.494 e. The predicted molar refractivity (Wildman–Crippen MR) is 56.1 cm³/mol. The number of hydrogen-bond donors (Lipinski definition) is 2. The maximum Gasteiger partial charge on any atom is 0.167 e. The Morgan fingerprint density at radius 1 is 1.47 bits per heavy atom. The number of nitrogen functional groups attached to an aromatic ring is 1. The van der Waals surface area contributed by atoms with Gasteiger partial charge in [0.1, 0.15) is 0 Å². The van der Waals surface area contributed by atoms with Crippen molar-refractivity contribution in [3.05, 3.63) is 30.2 Å². The van der Waals surface area contributed by atoms with E-state index in [9.17, 15) is 4.39 Å². The number of methoxy groups -OCH3 is 1. The highest BCUT2D eigenvalue weighted by Crippen LogP contribution is 2.27. The second kappa shape index (κ2) is 3.70. The number of benzene rings is 1. The molecule has 0 fully saturated rings. The van der Waals surface area contributed by atoms with Gasteiger partial charge < -0.3 is 10.2 Å². The molecular formula is C10H10FN3O. The lowest BCUT2D eigenvalue weighted by Crippen LogP contribution is -2.07. The number of pyridine rings is 1. The van der Waals surface area contributed by atoms with Gasteiger partial charge in [-0.3, -0.25) is 10.8 Å². The molecule has 0 bridgehead atoms. The van der Waals surface area contributed by atoms with Gasteiger partial charge in [-0.2, -0.15) is 0 Å². The van der Waals surface area contributed by atoms with Crippen LogP contribution in [0.3, 0.4) is 0 Å². The van der Waals surface area contributed by atoms with Crippen LogP contribution in [0.2, 0.25) is 0 Å². The first kappa shape index (κ1) is 9.67. The monoisotopic (exact) mass is 207 g/mol. The zero-order valence-corrected chi connectivity index (χ0v) is 8.12. The maximum absolute atomic E-state index is 13.3. The van der Waals surface area contributed by atoms with Gasteiger partial charge in [0.05, 0.1) is 18.3 Å². The molecule has 5 heteroatoms. The van der Waals surface area contributed by atoms with Crippen LogP contribution in [0.5, 0.6) is 5.75 Å². The van der Waals surface area contributed by atoms with E-state index in [0.29, 0.717) is 11.2 Å². The van der Waals surface area contributed by atoms with E-state index >= 15 is 0 Å². The topological polar surface area (TPSA) is 60.2 Å². The first-order valence-electron chi connectivity index (χ1n) is 4.35. The lowest BCUT2D eigenvalue weighted by Gasteiger charge is -2.07. The molecule has 0 aliphatic heterocycles. The number of hydrogen-bond acceptors (Lipinski definition) is 4. The van der Waals surface area contributed by atoms with Crippen LogP contribution in [0.4, 0.5) is 10.1 Å². The summed E-state index contributed by atoms with van der Waals surface area (Å²) in [5, 5.41) is 0.721. The molecule has 0 saturated carbocycles.